The molecule has 1 aliphatic heterocycles. The zero-order chi connectivity index (χ0) is 14.0. The van der Waals surface area contributed by atoms with E-state index in [4.69, 9.17) is 0 Å². The molecule has 0 aromatic carbocycles. The van der Waals surface area contributed by atoms with Crippen LogP contribution in [0.5, 0.6) is 0 Å². The summed E-state index contributed by atoms with van der Waals surface area (Å²) in [5.41, 5.74) is 0.926. The number of amides is 2. The van der Waals surface area contributed by atoms with E-state index in [1.54, 1.807) is 17.2 Å². The van der Waals surface area contributed by atoms with Gasteiger partial charge in [-0.1, -0.05) is 0 Å². The van der Waals surface area contributed by atoms with Crippen LogP contribution in [0.2, 0.25) is 0 Å². The monoisotopic (exact) mass is 330 g/mol. The van der Waals surface area contributed by atoms with Crippen molar-refractivity contribution in [3.8, 4) is 0 Å². The van der Waals surface area contributed by atoms with Crippen LogP contribution in [-0.4, -0.2) is 49.8 Å². The normalized spacial score (nSPS) is 15.1. The molecule has 0 unspecified atom stereocenters. The highest BCUT2D eigenvalue weighted by Crippen LogP contribution is 2.26. The molecule has 1 N–H and O–H groups in total. The summed E-state index contributed by atoms with van der Waals surface area (Å²) >= 11 is 3.40. The smallest absolute Gasteiger partial charge is 0.323 e. The van der Waals surface area contributed by atoms with Crippen LogP contribution in [0.25, 0.3) is 0 Å². The minimum absolute atomic E-state index is 0.0130. The van der Waals surface area contributed by atoms with E-state index in [0.717, 1.165) is 10.2 Å². The largest absolute Gasteiger partial charge is 0.377 e. The fourth-order valence-corrected chi connectivity index (χ4v) is 2.43. The van der Waals surface area contributed by atoms with E-state index in [1.807, 2.05) is 19.0 Å². The molecule has 0 aliphatic carbocycles. The summed E-state index contributed by atoms with van der Waals surface area (Å²) in [5.74, 6) is 0.474. The lowest BCUT2D eigenvalue weighted by molar-refractivity contribution is 0.113. The Balaban J connectivity index is 2.00. The average molecular weight is 331 g/mol. The van der Waals surface area contributed by atoms with Crippen molar-refractivity contribution in [2.45, 2.75) is 0 Å². The molecular formula is C12H16BrFN4O. The summed E-state index contributed by atoms with van der Waals surface area (Å²) in [5, 5.41) is 2.72. The van der Waals surface area contributed by atoms with Crippen LogP contribution in [0.15, 0.2) is 16.7 Å². The Kier molecular flexibility index (Phi) is 4.24. The van der Waals surface area contributed by atoms with Crippen LogP contribution in [0, 0.1) is 5.92 Å². The number of anilines is 2. The third-order valence-corrected chi connectivity index (χ3v) is 3.63. The van der Waals surface area contributed by atoms with Gasteiger partial charge in [0.05, 0.1) is 16.8 Å². The van der Waals surface area contributed by atoms with Crippen molar-refractivity contribution in [3.05, 3.63) is 16.7 Å². The standard InChI is InChI=1S/C12H16BrFN4O/c1-17(2)10-3-11(15-5-9(10)13)16-12(19)18-6-8(4-14)7-18/h3,5,8H,4,6-7H2,1-2H3,(H,15,16,19). The molecule has 7 heteroatoms. The van der Waals surface area contributed by atoms with E-state index in [0.29, 0.717) is 18.9 Å². The summed E-state index contributed by atoms with van der Waals surface area (Å²) in [4.78, 5) is 19.5. The van der Waals surface area contributed by atoms with Gasteiger partial charge in [0.2, 0.25) is 0 Å². The number of carbonyl (C=O) groups is 1. The number of carbonyl (C=O) groups excluding carboxylic acids is 1. The van der Waals surface area contributed by atoms with Gasteiger partial charge >= 0.3 is 6.03 Å². The second-order valence-electron chi connectivity index (χ2n) is 4.77. The lowest BCUT2D eigenvalue weighted by Crippen LogP contribution is -2.52. The first kappa shape index (κ1) is 14.0. The molecule has 1 aliphatic rings. The molecule has 1 fully saturated rings. The van der Waals surface area contributed by atoms with Gasteiger partial charge in [-0.3, -0.25) is 9.71 Å². The van der Waals surface area contributed by atoms with Crippen LogP contribution in [-0.2, 0) is 0 Å². The fraction of sp³-hybridized carbons (Fsp3) is 0.500. The summed E-state index contributed by atoms with van der Waals surface area (Å²) in [6.45, 7) is 0.573. The first-order chi connectivity index (χ1) is 9.01. The molecule has 104 valence electrons. The number of rotatable bonds is 3. The van der Waals surface area contributed by atoms with Crippen LogP contribution in [0.3, 0.4) is 0 Å². The summed E-state index contributed by atoms with van der Waals surface area (Å²) in [6, 6.07) is 1.55. The van der Waals surface area contributed by atoms with E-state index in [1.165, 1.54) is 0 Å². The Morgan fingerprint density at radius 1 is 1.63 bits per heavy atom. The van der Waals surface area contributed by atoms with Gasteiger partial charge in [0.25, 0.3) is 0 Å². The zero-order valence-electron chi connectivity index (χ0n) is 10.9. The molecule has 0 bridgehead atoms. The molecule has 1 aromatic heterocycles. The Bertz CT molecular complexity index is 477. The van der Waals surface area contributed by atoms with Crippen molar-refractivity contribution in [2.24, 2.45) is 5.92 Å². The fourth-order valence-electron chi connectivity index (χ4n) is 1.86. The molecule has 0 atom stereocenters. The van der Waals surface area contributed by atoms with Gasteiger partial charge in [0, 0.05) is 45.4 Å². The van der Waals surface area contributed by atoms with Gasteiger partial charge in [-0.2, -0.15) is 0 Å². The summed E-state index contributed by atoms with van der Waals surface area (Å²) in [6.07, 6.45) is 1.64. The third-order valence-electron chi connectivity index (χ3n) is 3.01. The predicted octanol–water partition coefficient (Wildman–Crippen LogP) is 2.34. The first-order valence-corrected chi connectivity index (χ1v) is 6.75. The van der Waals surface area contributed by atoms with Gasteiger partial charge in [-0.25, -0.2) is 9.78 Å². The Morgan fingerprint density at radius 2 is 2.32 bits per heavy atom. The van der Waals surface area contributed by atoms with Gasteiger partial charge in [-0.15, -0.1) is 0 Å². The number of likely N-dealkylation sites (tertiary alicyclic amines) is 1. The molecule has 1 saturated heterocycles. The van der Waals surface area contributed by atoms with Gasteiger partial charge in [0.15, 0.2) is 0 Å². The van der Waals surface area contributed by atoms with E-state index in [-0.39, 0.29) is 18.6 Å². The number of halogens is 2. The van der Waals surface area contributed by atoms with Gasteiger partial charge in [-0.05, 0) is 15.9 Å². The summed E-state index contributed by atoms with van der Waals surface area (Å²) in [7, 11) is 3.82. The minimum atomic E-state index is -0.370. The van der Waals surface area contributed by atoms with E-state index in [9.17, 15) is 9.18 Å². The molecule has 2 rings (SSSR count). The maximum absolute atomic E-state index is 12.3. The van der Waals surface area contributed by atoms with Crippen molar-refractivity contribution in [3.63, 3.8) is 0 Å². The lowest BCUT2D eigenvalue weighted by Gasteiger charge is -2.37. The second-order valence-corrected chi connectivity index (χ2v) is 5.63. The number of aromatic nitrogens is 1. The number of hydrogen-bond acceptors (Lipinski definition) is 3. The SMILES string of the molecule is CN(C)c1cc(NC(=O)N2CC(CF)C2)ncc1Br. The number of hydrogen-bond donors (Lipinski definition) is 1. The van der Waals surface area contributed by atoms with Gasteiger partial charge < -0.3 is 9.80 Å². The maximum Gasteiger partial charge on any atom is 0.323 e. The van der Waals surface area contributed by atoms with Crippen molar-refractivity contribution in [2.75, 3.05) is 44.1 Å². The van der Waals surface area contributed by atoms with Crippen LogP contribution >= 0.6 is 15.9 Å². The molecule has 2 amide bonds. The zero-order valence-corrected chi connectivity index (χ0v) is 12.4. The molecule has 5 nitrogen and oxygen atoms in total. The van der Waals surface area contributed by atoms with E-state index in [2.05, 4.69) is 26.2 Å². The Morgan fingerprint density at radius 3 is 2.89 bits per heavy atom. The average Bonchev–Trinajstić information content (AvgIpc) is 2.30. The Labute approximate surface area is 119 Å². The Hall–Kier alpha value is -1.37. The van der Waals surface area contributed by atoms with Crippen molar-refractivity contribution >= 4 is 33.5 Å². The number of pyridine rings is 1. The molecule has 0 spiro atoms. The van der Waals surface area contributed by atoms with E-state index >= 15 is 0 Å². The molecule has 0 radical (unpaired) electrons. The van der Waals surface area contributed by atoms with E-state index < -0.39 is 0 Å². The molecule has 1 aromatic rings. The molecule has 0 saturated carbocycles. The second kappa shape index (κ2) is 5.73. The third kappa shape index (κ3) is 3.15. The minimum Gasteiger partial charge on any atom is -0.377 e. The lowest BCUT2D eigenvalue weighted by atomic mass is 10.0. The first-order valence-electron chi connectivity index (χ1n) is 5.96. The highest BCUT2D eigenvalue weighted by atomic mass is 79.9. The van der Waals surface area contributed by atoms with Crippen molar-refractivity contribution in [1.29, 1.82) is 0 Å². The van der Waals surface area contributed by atoms with Crippen LogP contribution < -0.4 is 10.2 Å². The number of urea groups is 1. The molecule has 19 heavy (non-hydrogen) atoms. The van der Waals surface area contributed by atoms with Crippen LogP contribution in [0.1, 0.15) is 0 Å². The summed E-state index contributed by atoms with van der Waals surface area (Å²) < 4.78 is 13.2. The van der Waals surface area contributed by atoms with Crippen molar-refractivity contribution < 1.29 is 9.18 Å². The number of alkyl halides is 1. The number of nitrogens with zero attached hydrogens (tertiary/aromatic N) is 3. The maximum atomic E-state index is 12.3. The topological polar surface area (TPSA) is 48.5 Å². The highest BCUT2D eigenvalue weighted by molar-refractivity contribution is 9.10. The highest BCUT2D eigenvalue weighted by Gasteiger charge is 2.30. The number of nitrogens with one attached hydrogen (secondary N) is 1. The van der Waals surface area contributed by atoms with Crippen molar-refractivity contribution in [1.82, 2.24) is 9.88 Å². The quantitative estimate of drug-likeness (QED) is 0.925. The molecule has 2 heterocycles. The van der Waals surface area contributed by atoms with Gasteiger partial charge in [0.1, 0.15) is 5.82 Å². The molecular weight excluding hydrogens is 315 g/mol. The predicted molar refractivity (Wildman–Crippen MR) is 76.3 cm³/mol. The van der Waals surface area contributed by atoms with Crippen LogP contribution in [0.4, 0.5) is 20.7 Å².